The molecular formula is C19H26N2O2. The molecule has 2 aliphatic rings. The molecule has 1 aliphatic carbocycles. The second kappa shape index (κ2) is 7.16. The molecule has 0 N–H and O–H groups in total. The third-order valence-corrected chi connectivity index (χ3v) is 5.25. The number of fused-ring (bicyclic) bond motifs is 1. The predicted octanol–water partition coefficient (Wildman–Crippen LogP) is 3.60. The van der Waals surface area contributed by atoms with Gasteiger partial charge in [0.05, 0.1) is 17.3 Å². The number of benzene rings is 1. The number of rotatable bonds is 4. The van der Waals surface area contributed by atoms with Crippen molar-refractivity contribution >= 4 is 23.7 Å². The minimum absolute atomic E-state index is 0.137. The van der Waals surface area contributed by atoms with Crippen LogP contribution < -0.4 is 9.80 Å². The van der Waals surface area contributed by atoms with Crippen LogP contribution in [0.1, 0.15) is 45.4 Å². The second-order valence-electron chi connectivity index (χ2n) is 6.93. The first-order chi connectivity index (χ1) is 11.2. The normalized spacial score (nSPS) is 22.7. The maximum atomic E-state index is 12.8. The van der Waals surface area contributed by atoms with Crippen molar-refractivity contribution < 1.29 is 9.59 Å². The van der Waals surface area contributed by atoms with Gasteiger partial charge in [-0.25, -0.2) is 0 Å². The highest BCUT2D eigenvalue weighted by molar-refractivity contribution is 6.02. The van der Waals surface area contributed by atoms with E-state index in [4.69, 9.17) is 0 Å². The maximum absolute atomic E-state index is 12.8. The van der Waals surface area contributed by atoms with Crippen LogP contribution in [0.4, 0.5) is 11.4 Å². The van der Waals surface area contributed by atoms with Crippen LogP contribution >= 0.6 is 0 Å². The quantitative estimate of drug-likeness (QED) is 0.797. The minimum Gasteiger partial charge on any atom is -0.312 e. The Labute approximate surface area is 138 Å². The summed E-state index contributed by atoms with van der Waals surface area (Å²) in [6.07, 6.45) is 8.49. The Morgan fingerprint density at radius 1 is 1.13 bits per heavy atom. The first-order valence-corrected chi connectivity index (χ1v) is 8.83. The van der Waals surface area contributed by atoms with Crippen LogP contribution in [0.25, 0.3) is 0 Å². The molecule has 0 saturated heterocycles. The van der Waals surface area contributed by atoms with E-state index in [1.807, 2.05) is 36.1 Å². The SMILES string of the molecule is C[C@H]1CN(C=O)c2ccccc2N(CCC2CCCCC2)C1=O. The summed E-state index contributed by atoms with van der Waals surface area (Å²) >= 11 is 0. The van der Waals surface area contributed by atoms with E-state index in [9.17, 15) is 9.59 Å². The maximum Gasteiger partial charge on any atom is 0.231 e. The average molecular weight is 314 g/mol. The molecule has 1 atom stereocenters. The van der Waals surface area contributed by atoms with E-state index in [-0.39, 0.29) is 11.8 Å². The molecule has 1 fully saturated rings. The van der Waals surface area contributed by atoms with E-state index >= 15 is 0 Å². The zero-order valence-corrected chi connectivity index (χ0v) is 13.9. The van der Waals surface area contributed by atoms with Crippen LogP contribution in [0.5, 0.6) is 0 Å². The Hall–Kier alpha value is -1.84. The molecule has 124 valence electrons. The summed E-state index contributed by atoms with van der Waals surface area (Å²) < 4.78 is 0. The molecule has 4 nitrogen and oxygen atoms in total. The van der Waals surface area contributed by atoms with Gasteiger partial charge < -0.3 is 9.80 Å². The Bertz CT molecular complexity index is 566. The first-order valence-electron chi connectivity index (χ1n) is 8.83. The highest BCUT2D eigenvalue weighted by atomic mass is 16.2. The molecule has 3 rings (SSSR count). The number of hydrogen-bond acceptors (Lipinski definition) is 2. The number of anilines is 2. The summed E-state index contributed by atoms with van der Waals surface area (Å²) in [7, 11) is 0. The van der Waals surface area contributed by atoms with Gasteiger partial charge in [-0.15, -0.1) is 0 Å². The van der Waals surface area contributed by atoms with Gasteiger partial charge in [-0.1, -0.05) is 51.2 Å². The number of para-hydroxylation sites is 2. The Kier molecular flexibility index (Phi) is 4.99. The molecule has 1 saturated carbocycles. The molecule has 4 heteroatoms. The molecule has 1 aromatic rings. The summed E-state index contributed by atoms with van der Waals surface area (Å²) in [4.78, 5) is 27.8. The van der Waals surface area contributed by atoms with E-state index in [1.165, 1.54) is 32.1 Å². The molecule has 0 spiro atoms. The molecular weight excluding hydrogens is 288 g/mol. The number of hydrogen-bond donors (Lipinski definition) is 0. The van der Waals surface area contributed by atoms with E-state index in [0.29, 0.717) is 6.54 Å². The van der Waals surface area contributed by atoms with Gasteiger partial charge in [0.2, 0.25) is 12.3 Å². The lowest BCUT2D eigenvalue weighted by Gasteiger charge is -2.28. The smallest absolute Gasteiger partial charge is 0.231 e. The minimum atomic E-state index is -0.168. The van der Waals surface area contributed by atoms with Crippen molar-refractivity contribution in [3.8, 4) is 0 Å². The predicted molar refractivity (Wildman–Crippen MR) is 92.6 cm³/mol. The van der Waals surface area contributed by atoms with Crippen molar-refractivity contribution in [3.63, 3.8) is 0 Å². The fourth-order valence-electron chi connectivity index (χ4n) is 3.91. The topological polar surface area (TPSA) is 40.6 Å². The summed E-state index contributed by atoms with van der Waals surface area (Å²) in [5.41, 5.74) is 1.73. The van der Waals surface area contributed by atoms with Gasteiger partial charge in [0, 0.05) is 13.1 Å². The van der Waals surface area contributed by atoms with Gasteiger partial charge >= 0.3 is 0 Å². The van der Waals surface area contributed by atoms with Gasteiger partial charge in [0.25, 0.3) is 0 Å². The van der Waals surface area contributed by atoms with Crippen LogP contribution in [0, 0.1) is 11.8 Å². The highest BCUT2D eigenvalue weighted by Gasteiger charge is 2.31. The standard InChI is InChI=1S/C19H26N2O2/c1-15-13-20(14-22)17-9-5-6-10-18(17)21(19(15)23)12-11-16-7-3-2-4-8-16/h5-6,9-10,14-16H,2-4,7-8,11-13H2,1H3/t15-/m0/s1. The van der Waals surface area contributed by atoms with Crippen molar-refractivity contribution in [2.45, 2.75) is 45.4 Å². The number of nitrogens with zero attached hydrogens (tertiary/aromatic N) is 2. The summed E-state index contributed by atoms with van der Waals surface area (Å²) in [5.74, 6) is 0.709. The highest BCUT2D eigenvalue weighted by Crippen LogP contribution is 2.34. The molecule has 0 aromatic heterocycles. The van der Waals surface area contributed by atoms with Gasteiger partial charge in [-0.05, 0) is 24.5 Å². The van der Waals surface area contributed by atoms with E-state index in [0.717, 1.165) is 36.7 Å². The molecule has 1 aromatic carbocycles. The fourth-order valence-corrected chi connectivity index (χ4v) is 3.91. The zero-order valence-electron chi connectivity index (χ0n) is 13.9. The van der Waals surface area contributed by atoms with E-state index in [1.54, 1.807) is 4.90 Å². The van der Waals surface area contributed by atoms with Crippen LogP contribution in [0.3, 0.4) is 0 Å². The summed E-state index contributed by atoms with van der Waals surface area (Å²) in [5, 5.41) is 0. The van der Waals surface area contributed by atoms with E-state index in [2.05, 4.69) is 0 Å². The Balaban J connectivity index is 1.83. The van der Waals surface area contributed by atoms with Gasteiger partial charge in [0.1, 0.15) is 0 Å². The lowest BCUT2D eigenvalue weighted by molar-refractivity contribution is -0.121. The molecule has 1 heterocycles. The van der Waals surface area contributed by atoms with Crippen LogP contribution in [-0.4, -0.2) is 25.4 Å². The van der Waals surface area contributed by atoms with Crippen molar-refractivity contribution in [3.05, 3.63) is 24.3 Å². The van der Waals surface area contributed by atoms with Crippen molar-refractivity contribution in [1.82, 2.24) is 0 Å². The van der Waals surface area contributed by atoms with Crippen LogP contribution in [0.2, 0.25) is 0 Å². The Morgan fingerprint density at radius 2 is 1.83 bits per heavy atom. The fraction of sp³-hybridized carbons (Fsp3) is 0.579. The average Bonchev–Trinajstić information content (AvgIpc) is 2.70. The van der Waals surface area contributed by atoms with Crippen molar-refractivity contribution in [1.29, 1.82) is 0 Å². The third-order valence-electron chi connectivity index (χ3n) is 5.25. The monoisotopic (exact) mass is 314 g/mol. The molecule has 23 heavy (non-hydrogen) atoms. The Morgan fingerprint density at radius 3 is 2.52 bits per heavy atom. The molecule has 0 radical (unpaired) electrons. The van der Waals surface area contributed by atoms with Crippen LogP contribution in [-0.2, 0) is 9.59 Å². The first kappa shape index (κ1) is 16.0. The van der Waals surface area contributed by atoms with Gasteiger partial charge in [-0.2, -0.15) is 0 Å². The summed E-state index contributed by atoms with van der Waals surface area (Å²) in [6.45, 7) is 3.13. The lowest BCUT2D eigenvalue weighted by Crippen LogP contribution is -2.37. The van der Waals surface area contributed by atoms with Crippen LogP contribution in [0.15, 0.2) is 24.3 Å². The van der Waals surface area contributed by atoms with Gasteiger partial charge in [0.15, 0.2) is 0 Å². The largest absolute Gasteiger partial charge is 0.312 e. The van der Waals surface area contributed by atoms with E-state index < -0.39 is 0 Å². The third kappa shape index (κ3) is 3.41. The lowest BCUT2D eigenvalue weighted by atomic mass is 9.87. The number of carbonyl (C=O) groups excluding carboxylic acids is 2. The zero-order chi connectivity index (χ0) is 16.2. The number of amides is 2. The molecule has 0 bridgehead atoms. The number of carbonyl (C=O) groups is 2. The molecule has 2 amide bonds. The second-order valence-corrected chi connectivity index (χ2v) is 6.93. The van der Waals surface area contributed by atoms with Crippen molar-refractivity contribution in [2.75, 3.05) is 22.9 Å². The summed E-state index contributed by atoms with van der Waals surface area (Å²) in [6, 6.07) is 7.76. The molecule has 1 aliphatic heterocycles. The van der Waals surface area contributed by atoms with Gasteiger partial charge in [-0.3, -0.25) is 9.59 Å². The molecule has 0 unspecified atom stereocenters. The van der Waals surface area contributed by atoms with Crippen molar-refractivity contribution in [2.24, 2.45) is 11.8 Å².